The lowest BCUT2D eigenvalue weighted by molar-refractivity contribution is 0.264. The van der Waals surface area contributed by atoms with Crippen LogP contribution in [-0.2, 0) is 6.54 Å². The van der Waals surface area contributed by atoms with E-state index in [0.717, 1.165) is 11.1 Å². The molecule has 0 aliphatic rings. The molecule has 19 heavy (non-hydrogen) atoms. The Bertz CT molecular complexity index is 567. The molecule has 4 heteroatoms. The van der Waals surface area contributed by atoms with E-state index in [0.29, 0.717) is 12.4 Å². The average molecular weight is 270 g/mol. The van der Waals surface area contributed by atoms with Crippen LogP contribution >= 0.6 is 12.6 Å². The lowest BCUT2D eigenvalue weighted by Crippen LogP contribution is -2.26. The molecule has 3 nitrogen and oxygen atoms in total. The first-order chi connectivity index (χ1) is 9.25. The van der Waals surface area contributed by atoms with E-state index in [4.69, 9.17) is 0 Å². The van der Waals surface area contributed by atoms with E-state index < -0.39 is 5.24 Å². The molecule has 96 valence electrons. The van der Waals surface area contributed by atoms with Crippen molar-refractivity contribution in [2.45, 2.75) is 6.54 Å². The number of amides is 1. The minimum absolute atomic E-state index is 0.421. The van der Waals surface area contributed by atoms with Gasteiger partial charge in [-0.2, -0.15) is 0 Å². The van der Waals surface area contributed by atoms with Crippen LogP contribution in [0.1, 0.15) is 11.1 Å². The molecule has 2 aromatic rings. The van der Waals surface area contributed by atoms with Gasteiger partial charge < -0.3 is 5.32 Å². The fourth-order valence-electron chi connectivity index (χ4n) is 1.65. The topological polar surface area (TPSA) is 41.5 Å². The van der Waals surface area contributed by atoms with Gasteiger partial charge in [0.25, 0.3) is 5.24 Å². The van der Waals surface area contributed by atoms with Crippen LogP contribution in [0, 0.1) is 0 Å². The number of amidine groups is 1. The van der Waals surface area contributed by atoms with Crippen molar-refractivity contribution < 1.29 is 4.79 Å². The third-order valence-electron chi connectivity index (χ3n) is 2.54. The van der Waals surface area contributed by atoms with Crippen LogP contribution in [0.25, 0.3) is 0 Å². The molecule has 0 spiro atoms. The molecule has 1 N–H and O–H groups in total. The summed E-state index contributed by atoms with van der Waals surface area (Å²) in [5, 5.41) is 2.22. The highest BCUT2D eigenvalue weighted by Gasteiger charge is 2.04. The molecule has 0 saturated heterocycles. The van der Waals surface area contributed by atoms with Crippen LogP contribution < -0.4 is 5.32 Å². The monoisotopic (exact) mass is 270 g/mol. The largest absolute Gasteiger partial charge is 0.301 e. The highest BCUT2D eigenvalue weighted by molar-refractivity contribution is 7.96. The second kappa shape index (κ2) is 6.75. The van der Waals surface area contributed by atoms with Crippen molar-refractivity contribution in [1.82, 2.24) is 5.32 Å². The van der Waals surface area contributed by atoms with Crippen molar-refractivity contribution in [3.05, 3.63) is 71.8 Å². The molecule has 0 aromatic heterocycles. The van der Waals surface area contributed by atoms with Crippen molar-refractivity contribution in [1.29, 1.82) is 0 Å². The molecule has 0 fully saturated rings. The second-order valence-electron chi connectivity index (χ2n) is 3.95. The van der Waals surface area contributed by atoms with Gasteiger partial charge in [0, 0.05) is 5.56 Å². The van der Waals surface area contributed by atoms with Crippen LogP contribution in [0.2, 0.25) is 0 Å². The Hall–Kier alpha value is -2.07. The smallest absolute Gasteiger partial charge is 0.281 e. The van der Waals surface area contributed by atoms with Crippen molar-refractivity contribution >= 4 is 23.7 Å². The van der Waals surface area contributed by atoms with Crippen LogP contribution in [0.3, 0.4) is 0 Å². The van der Waals surface area contributed by atoms with E-state index >= 15 is 0 Å². The quantitative estimate of drug-likeness (QED) is 0.501. The number of carbonyl (C=O) groups is 1. The minimum Gasteiger partial charge on any atom is -0.301 e. The fraction of sp³-hybridized carbons (Fsp3) is 0.0667. The number of rotatable bonds is 3. The lowest BCUT2D eigenvalue weighted by atomic mass is 10.2. The van der Waals surface area contributed by atoms with Gasteiger partial charge in [0.2, 0.25) is 0 Å². The highest BCUT2D eigenvalue weighted by Crippen LogP contribution is 2.04. The maximum Gasteiger partial charge on any atom is 0.281 e. The second-order valence-corrected chi connectivity index (χ2v) is 4.35. The molecular formula is C15H14N2OS. The molecule has 0 saturated carbocycles. The van der Waals surface area contributed by atoms with Crippen LogP contribution in [-0.4, -0.2) is 11.1 Å². The summed E-state index contributed by atoms with van der Waals surface area (Å²) >= 11 is 3.74. The van der Waals surface area contributed by atoms with Gasteiger partial charge >= 0.3 is 0 Å². The van der Waals surface area contributed by atoms with Gasteiger partial charge in [-0.15, -0.1) is 0 Å². The summed E-state index contributed by atoms with van der Waals surface area (Å²) in [6.45, 7) is 0.513. The molecule has 0 bridgehead atoms. The van der Waals surface area contributed by atoms with E-state index in [1.165, 1.54) is 0 Å². The van der Waals surface area contributed by atoms with Gasteiger partial charge in [0.15, 0.2) is 0 Å². The van der Waals surface area contributed by atoms with Crippen molar-refractivity contribution in [2.75, 3.05) is 0 Å². The molecule has 2 aromatic carbocycles. The maximum atomic E-state index is 11.1. The molecular weight excluding hydrogens is 256 g/mol. The van der Waals surface area contributed by atoms with E-state index in [-0.39, 0.29) is 0 Å². The maximum absolute atomic E-state index is 11.1. The number of hydrogen-bond donors (Lipinski definition) is 2. The standard InChI is InChI=1S/C15H14N2OS/c18-15(19)17-14(13-9-5-2-6-10-13)16-11-12-7-3-1-4-8-12/h1-10H,11H2,(H2,16,17,18,19). The van der Waals surface area contributed by atoms with Crippen molar-refractivity contribution in [3.8, 4) is 0 Å². The van der Waals surface area contributed by atoms with E-state index in [2.05, 4.69) is 22.9 Å². The van der Waals surface area contributed by atoms with Gasteiger partial charge in [0.05, 0.1) is 6.54 Å². The Balaban J connectivity index is 2.20. The van der Waals surface area contributed by atoms with E-state index in [9.17, 15) is 4.79 Å². The molecule has 0 aliphatic carbocycles. The Morgan fingerprint density at radius 2 is 1.58 bits per heavy atom. The zero-order valence-corrected chi connectivity index (χ0v) is 11.2. The number of thiol groups is 1. The fourth-order valence-corrected chi connectivity index (χ4v) is 1.76. The van der Waals surface area contributed by atoms with Gasteiger partial charge in [-0.1, -0.05) is 73.3 Å². The zero-order valence-electron chi connectivity index (χ0n) is 10.3. The third-order valence-corrected chi connectivity index (χ3v) is 2.65. The number of nitrogens with zero attached hydrogens (tertiary/aromatic N) is 1. The first-order valence-corrected chi connectivity index (χ1v) is 6.34. The summed E-state index contributed by atoms with van der Waals surface area (Å²) in [4.78, 5) is 15.6. The molecule has 0 aliphatic heterocycles. The summed E-state index contributed by atoms with van der Waals surface area (Å²) in [6, 6.07) is 19.4. The molecule has 1 amide bonds. The Morgan fingerprint density at radius 3 is 2.16 bits per heavy atom. The van der Waals surface area contributed by atoms with Gasteiger partial charge in [-0.25, -0.2) is 0 Å². The summed E-state index contributed by atoms with van der Waals surface area (Å²) in [5.41, 5.74) is 1.95. The van der Waals surface area contributed by atoms with Gasteiger partial charge in [-0.3, -0.25) is 9.79 Å². The molecule has 0 heterocycles. The van der Waals surface area contributed by atoms with Crippen LogP contribution in [0.4, 0.5) is 4.79 Å². The van der Waals surface area contributed by atoms with Crippen LogP contribution in [0.15, 0.2) is 65.7 Å². The first kappa shape index (κ1) is 13.4. The Kier molecular flexibility index (Phi) is 4.75. The number of hydrogen-bond acceptors (Lipinski definition) is 2. The third kappa shape index (κ3) is 4.26. The normalized spacial score (nSPS) is 11.1. The predicted molar refractivity (Wildman–Crippen MR) is 80.6 cm³/mol. The summed E-state index contributed by atoms with van der Waals surface area (Å²) in [7, 11) is 0. The van der Waals surface area contributed by atoms with Gasteiger partial charge in [0.1, 0.15) is 5.84 Å². The Morgan fingerprint density at radius 1 is 1.00 bits per heavy atom. The van der Waals surface area contributed by atoms with Gasteiger partial charge in [-0.05, 0) is 5.56 Å². The summed E-state index contributed by atoms with van der Waals surface area (Å²) < 4.78 is 0. The SMILES string of the molecule is O=C(S)NC(=NCc1ccccc1)c1ccccc1. The molecule has 0 unspecified atom stereocenters. The summed E-state index contributed by atoms with van der Waals surface area (Å²) in [5.74, 6) is 0.532. The number of aliphatic imine (C=N–C) groups is 1. The highest BCUT2D eigenvalue weighted by atomic mass is 32.1. The zero-order chi connectivity index (χ0) is 13.5. The predicted octanol–water partition coefficient (Wildman–Crippen LogP) is 3.27. The Labute approximate surface area is 117 Å². The number of carbonyl (C=O) groups excluding carboxylic acids is 1. The van der Waals surface area contributed by atoms with E-state index in [1.807, 2.05) is 60.7 Å². The average Bonchev–Trinajstić information content (AvgIpc) is 2.45. The van der Waals surface area contributed by atoms with Crippen molar-refractivity contribution in [2.24, 2.45) is 4.99 Å². The van der Waals surface area contributed by atoms with E-state index in [1.54, 1.807) is 0 Å². The molecule has 0 radical (unpaired) electrons. The van der Waals surface area contributed by atoms with Crippen molar-refractivity contribution in [3.63, 3.8) is 0 Å². The molecule has 0 atom stereocenters. The molecule has 2 rings (SSSR count). The lowest BCUT2D eigenvalue weighted by Gasteiger charge is -2.07. The summed E-state index contributed by atoms with van der Waals surface area (Å²) in [6.07, 6.45) is 0. The number of nitrogens with one attached hydrogen (secondary N) is 1. The van der Waals surface area contributed by atoms with Crippen LogP contribution in [0.5, 0.6) is 0 Å². The number of benzene rings is 2. The minimum atomic E-state index is -0.421. The first-order valence-electron chi connectivity index (χ1n) is 5.89.